The zero-order valence-electron chi connectivity index (χ0n) is 10.1. The highest BCUT2D eigenvalue weighted by atomic mass is 16.5. The second-order valence-corrected chi connectivity index (χ2v) is 3.52. The van der Waals surface area contributed by atoms with Crippen LogP contribution < -0.4 is 0 Å². The van der Waals surface area contributed by atoms with E-state index in [1.54, 1.807) is 6.08 Å². The van der Waals surface area contributed by atoms with Crippen molar-refractivity contribution in [3.63, 3.8) is 0 Å². The van der Waals surface area contributed by atoms with Gasteiger partial charge in [0, 0.05) is 11.1 Å². The molecule has 0 aliphatic rings. The summed E-state index contributed by atoms with van der Waals surface area (Å²) in [5, 5.41) is 0. The molecule has 18 heavy (non-hydrogen) atoms. The van der Waals surface area contributed by atoms with Crippen LogP contribution in [0.4, 0.5) is 0 Å². The maximum absolute atomic E-state index is 11.7. The smallest absolute Gasteiger partial charge is 0.339 e. The number of allylic oxidation sites excluding steroid dienone is 1. The fourth-order valence-corrected chi connectivity index (χ4v) is 1.43. The molecule has 0 aromatic heterocycles. The minimum absolute atomic E-state index is 0.0666. The van der Waals surface area contributed by atoms with E-state index in [0.29, 0.717) is 12.6 Å². The van der Waals surface area contributed by atoms with Crippen LogP contribution in [0.5, 0.6) is 0 Å². The molecule has 1 aromatic carbocycles. The molecule has 0 aliphatic carbocycles. The van der Waals surface area contributed by atoms with Crippen molar-refractivity contribution in [1.29, 1.82) is 0 Å². The molecule has 0 saturated carbocycles. The maximum atomic E-state index is 11.7. The number of carbonyl (C=O) groups excluding carboxylic acids is 3. The van der Waals surface area contributed by atoms with Gasteiger partial charge < -0.3 is 4.74 Å². The average molecular weight is 246 g/mol. The van der Waals surface area contributed by atoms with Crippen molar-refractivity contribution in [2.45, 2.75) is 13.3 Å². The Morgan fingerprint density at radius 1 is 1.22 bits per heavy atom. The van der Waals surface area contributed by atoms with Crippen LogP contribution in [-0.4, -0.2) is 25.1 Å². The van der Waals surface area contributed by atoms with E-state index >= 15 is 0 Å². The molecule has 94 valence electrons. The third-order valence-corrected chi connectivity index (χ3v) is 2.32. The van der Waals surface area contributed by atoms with Crippen LogP contribution in [0, 0.1) is 0 Å². The Kier molecular flexibility index (Phi) is 5.51. The van der Waals surface area contributed by atoms with E-state index in [9.17, 15) is 14.4 Å². The molecule has 4 nitrogen and oxygen atoms in total. The largest absolute Gasteiger partial charge is 0.458 e. The van der Waals surface area contributed by atoms with Gasteiger partial charge in [0.05, 0.1) is 5.56 Å². The van der Waals surface area contributed by atoms with Crippen LogP contribution in [0.25, 0.3) is 0 Å². The molecule has 0 spiro atoms. The minimum atomic E-state index is -0.610. The number of carbonyl (C=O) groups is 3. The predicted molar refractivity (Wildman–Crippen MR) is 66.9 cm³/mol. The monoisotopic (exact) mass is 246 g/mol. The summed E-state index contributed by atoms with van der Waals surface area (Å²) in [5.41, 5.74) is 0.361. The number of benzene rings is 1. The van der Waals surface area contributed by atoms with Crippen molar-refractivity contribution in [2.75, 3.05) is 6.61 Å². The average Bonchev–Trinajstić information content (AvgIpc) is 2.42. The Balaban J connectivity index is 2.88. The van der Waals surface area contributed by atoms with Crippen molar-refractivity contribution in [1.82, 2.24) is 0 Å². The number of ether oxygens (including phenoxy) is 1. The lowest BCUT2D eigenvalue weighted by atomic mass is 10.0. The Bertz CT molecular complexity index is 475. The van der Waals surface area contributed by atoms with Gasteiger partial charge in [-0.15, -0.1) is 0 Å². The van der Waals surface area contributed by atoms with Gasteiger partial charge in [0.15, 0.2) is 12.6 Å². The van der Waals surface area contributed by atoms with Gasteiger partial charge in [-0.1, -0.05) is 31.2 Å². The van der Waals surface area contributed by atoms with Crippen LogP contribution in [0.3, 0.4) is 0 Å². The SMILES string of the molecule is CCC=CCOC(=O)c1cccc(C=O)c1C=O. The Morgan fingerprint density at radius 3 is 2.61 bits per heavy atom. The maximum Gasteiger partial charge on any atom is 0.339 e. The van der Waals surface area contributed by atoms with Crippen LogP contribution >= 0.6 is 0 Å². The van der Waals surface area contributed by atoms with Crippen molar-refractivity contribution in [3.8, 4) is 0 Å². The summed E-state index contributed by atoms with van der Waals surface area (Å²) in [5.74, 6) is -0.610. The van der Waals surface area contributed by atoms with Gasteiger partial charge in [-0.25, -0.2) is 4.79 Å². The van der Waals surface area contributed by atoms with E-state index in [2.05, 4.69) is 0 Å². The first-order valence-electron chi connectivity index (χ1n) is 5.60. The Labute approximate surface area is 105 Å². The summed E-state index contributed by atoms with van der Waals surface area (Å²) in [7, 11) is 0. The lowest BCUT2D eigenvalue weighted by Gasteiger charge is -2.05. The standard InChI is InChI=1S/C14H14O4/c1-2-3-4-8-18-14(17)12-7-5-6-11(9-15)13(12)10-16/h3-7,9-10H,2,8H2,1H3. The molecule has 0 amide bonds. The molecule has 0 unspecified atom stereocenters. The van der Waals surface area contributed by atoms with Gasteiger partial charge in [-0.2, -0.15) is 0 Å². The molecule has 0 N–H and O–H groups in total. The van der Waals surface area contributed by atoms with Crippen molar-refractivity contribution < 1.29 is 19.1 Å². The summed E-state index contributed by atoms with van der Waals surface area (Å²) >= 11 is 0. The van der Waals surface area contributed by atoms with E-state index in [-0.39, 0.29) is 23.3 Å². The minimum Gasteiger partial charge on any atom is -0.458 e. The van der Waals surface area contributed by atoms with E-state index < -0.39 is 5.97 Å². The molecule has 1 aromatic rings. The number of aldehydes is 2. The van der Waals surface area contributed by atoms with Gasteiger partial charge in [0.2, 0.25) is 0 Å². The van der Waals surface area contributed by atoms with Gasteiger partial charge in [0.1, 0.15) is 6.61 Å². The molecule has 0 bridgehead atoms. The van der Waals surface area contributed by atoms with E-state index in [1.807, 2.05) is 13.0 Å². The van der Waals surface area contributed by atoms with Gasteiger partial charge in [-0.05, 0) is 12.5 Å². The molecule has 1 rings (SSSR count). The zero-order chi connectivity index (χ0) is 13.4. The molecule has 4 heteroatoms. The molecule has 0 fully saturated rings. The molecule has 0 radical (unpaired) electrons. The molecule has 0 heterocycles. The number of rotatable bonds is 6. The van der Waals surface area contributed by atoms with Crippen LogP contribution in [0.15, 0.2) is 30.4 Å². The van der Waals surface area contributed by atoms with Crippen molar-refractivity contribution in [3.05, 3.63) is 47.0 Å². The van der Waals surface area contributed by atoms with Crippen LogP contribution in [-0.2, 0) is 4.74 Å². The highest BCUT2D eigenvalue weighted by Gasteiger charge is 2.14. The van der Waals surface area contributed by atoms with Crippen molar-refractivity contribution in [2.24, 2.45) is 0 Å². The Hall–Kier alpha value is -2.23. The highest BCUT2D eigenvalue weighted by Crippen LogP contribution is 2.12. The van der Waals surface area contributed by atoms with Crippen LogP contribution in [0.2, 0.25) is 0 Å². The second kappa shape index (κ2) is 7.17. The third kappa shape index (κ3) is 3.38. The van der Waals surface area contributed by atoms with Gasteiger partial charge >= 0.3 is 5.97 Å². The molecule has 0 atom stereocenters. The normalized spacial score (nSPS) is 10.3. The summed E-state index contributed by atoms with van der Waals surface area (Å²) in [6, 6.07) is 4.47. The summed E-state index contributed by atoms with van der Waals surface area (Å²) in [4.78, 5) is 33.4. The second-order valence-electron chi connectivity index (χ2n) is 3.52. The number of hydrogen-bond donors (Lipinski definition) is 0. The predicted octanol–water partition coefficient (Wildman–Crippen LogP) is 2.43. The highest BCUT2D eigenvalue weighted by molar-refractivity contribution is 6.03. The quantitative estimate of drug-likeness (QED) is 0.439. The van der Waals surface area contributed by atoms with Gasteiger partial charge in [-0.3, -0.25) is 9.59 Å². The lowest BCUT2D eigenvalue weighted by molar-refractivity contribution is 0.0547. The first-order valence-corrected chi connectivity index (χ1v) is 5.60. The molecular formula is C14H14O4. The summed E-state index contributed by atoms with van der Waals surface area (Å²) in [6.07, 6.45) is 5.48. The van der Waals surface area contributed by atoms with E-state index in [1.165, 1.54) is 18.2 Å². The summed E-state index contributed by atoms with van der Waals surface area (Å²) in [6.45, 7) is 2.12. The number of esters is 1. The first kappa shape index (κ1) is 13.8. The fraction of sp³-hybridized carbons (Fsp3) is 0.214. The number of hydrogen-bond acceptors (Lipinski definition) is 4. The third-order valence-electron chi connectivity index (χ3n) is 2.32. The summed E-state index contributed by atoms with van der Waals surface area (Å²) < 4.78 is 4.97. The lowest BCUT2D eigenvalue weighted by Crippen LogP contribution is -2.10. The van der Waals surface area contributed by atoms with E-state index in [0.717, 1.165) is 6.42 Å². The van der Waals surface area contributed by atoms with Gasteiger partial charge in [0.25, 0.3) is 0 Å². The fourth-order valence-electron chi connectivity index (χ4n) is 1.43. The van der Waals surface area contributed by atoms with E-state index in [4.69, 9.17) is 4.74 Å². The molecular weight excluding hydrogens is 232 g/mol. The zero-order valence-corrected chi connectivity index (χ0v) is 10.1. The molecule has 0 saturated heterocycles. The van der Waals surface area contributed by atoms with Crippen molar-refractivity contribution >= 4 is 18.5 Å². The Morgan fingerprint density at radius 2 is 2.00 bits per heavy atom. The van der Waals surface area contributed by atoms with Crippen LogP contribution in [0.1, 0.15) is 44.4 Å². The molecule has 0 aliphatic heterocycles. The first-order chi connectivity index (χ1) is 8.74. The topological polar surface area (TPSA) is 60.4 Å².